The Labute approximate surface area is 170 Å². The highest BCUT2D eigenvalue weighted by atomic mass is 16.7. The highest BCUT2D eigenvalue weighted by Crippen LogP contribution is 2.32. The fourth-order valence-electron chi connectivity index (χ4n) is 3.60. The van der Waals surface area contributed by atoms with Crippen molar-refractivity contribution in [2.75, 3.05) is 46.1 Å². The van der Waals surface area contributed by atoms with Crippen molar-refractivity contribution in [3.8, 4) is 11.5 Å². The molecule has 29 heavy (non-hydrogen) atoms. The number of ether oxygens (including phenoxy) is 2. The maximum atomic E-state index is 12.6. The number of carbonyl (C=O) groups is 2. The molecule has 0 saturated carbocycles. The van der Waals surface area contributed by atoms with Gasteiger partial charge in [-0.15, -0.1) is 0 Å². The number of hydrogen-bond acceptors (Lipinski definition) is 5. The summed E-state index contributed by atoms with van der Waals surface area (Å²) in [5.74, 6) is 1.23. The molecule has 7 heteroatoms. The van der Waals surface area contributed by atoms with Crippen LogP contribution in [0.2, 0.25) is 0 Å². The first kappa shape index (κ1) is 19.3. The van der Waals surface area contributed by atoms with Gasteiger partial charge in [-0.2, -0.15) is 0 Å². The third-order valence-corrected chi connectivity index (χ3v) is 5.27. The summed E-state index contributed by atoms with van der Waals surface area (Å²) in [6.07, 6.45) is 0. The second kappa shape index (κ2) is 8.53. The van der Waals surface area contributed by atoms with Crippen LogP contribution >= 0.6 is 0 Å². The molecule has 0 bridgehead atoms. The molecule has 1 fully saturated rings. The number of nitrogens with zero attached hydrogens (tertiary/aromatic N) is 2. The van der Waals surface area contributed by atoms with Crippen LogP contribution in [0.25, 0.3) is 0 Å². The molecule has 152 valence electrons. The Hall–Kier alpha value is -3.06. The van der Waals surface area contributed by atoms with Gasteiger partial charge in [-0.1, -0.05) is 17.7 Å². The predicted octanol–water partition coefficient (Wildman–Crippen LogP) is 1.91. The maximum Gasteiger partial charge on any atom is 0.253 e. The second-order valence-electron chi connectivity index (χ2n) is 7.33. The minimum Gasteiger partial charge on any atom is -0.454 e. The Balaban J connectivity index is 1.21. The molecule has 0 spiro atoms. The monoisotopic (exact) mass is 395 g/mol. The average molecular weight is 395 g/mol. The fraction of sp³-hybridized carbons (Fsp3) is 0.364. The number of rotatable bonds is 5. The van der Waals surface area contributed by atoms with E-state index in [1.807, 2.05) is 36.1 Å². The molecule has 4 rings (SSSR count). The van der Waals surface area contributed by atoms with Gasteiger partial charge < -0.3 is 19.7 Å². The number of nitrogens with one attached hydrogen (secondary N) is 1. The third kappa shape index (κ3) is 4.51. The summed E-state index contributed by atoms with van der Waals surface area (Å²) < 4.78 is 10.6. The van der Waals surface area contributed by atoms with Crippen molar-refractivity contribution in [3.63, 3.8) is 0 Å². The number of hydrogen-bond donors (Lipinski definition) is 1. The standard InChI is InChI=1S/C22H25N3O4/c1-16-3-2-4-18(13-16)22(27)25-11-9-24(10-12-25)8-7-23-21(26)17-5-6-19-20(14-17)29-15-28-19/h2-6,13-14H,7-12,15H2,1H3,(H,23,26). The fourth-order valence-corrected chi connectivity index (χ4v) is 3.60. The minimum atomic E-state index is -0.128. The molecule has 0 aliphatic carbocycles. The number of fused-ring (bicyclic) bond motifs is 1. The first-order valence-electron chi connectivity index (χ1n) is 9.86. The van der Waals surface area contributed by atoms with E-state index in [1.54, 1.807) is 18.2 Å². The van der Waals surface area contributed by atoms with Crippen molar-refractivity contribution >= 4 is 11.8 Å². The Bertz CT molecular complexity index is 907. The van der Waals surface area contributed by atoms with Gasteiger partial charge in [0.2, 0.25) is 6.79 Å². The first-order chi connectivity index (χ1) is 14.1. The summed E-state index contributed by atoms with van der Waals surface area (Å²) >= 11 is 0. The van der Waals surface area contributed by atoms with Gasteiger partial charge in [0.05, 0.1) is 0 Å². The van der Waals surface area contributed by atoms with Gasteiger partial charge in [-0.05, 0) is 37.3 Å². The summed E-state index contributed by atoms with van der Waals surface area (Å²) in [6.45, 7) is 6.49. The zero-order chi connectivity index (χ0) is 20.2. The van der Waals surface area contributed by atoms with Gasteiger partial charge in [-0.3, -0.25) is 14.5 Å². The quantitative estimate of drug-likeness (QED) is 0.838. The summed E-state index contributed by atoms with van der Waals surface area (Å²) in [4.78, 5) is 29.1. The van der Waals surface area contributed by atoms with Crippen molar-refractivity contribution in [1.29, 1.82) is 0 Å². The van der Waals surface area contributed by atoms with E-state index < -0.39 is 0 Å². The van der Waals surface area contributed by atoms with Crippen LogP contribution in [0.1, 0.15) is 26.3 Å². The molecule has 0 aromatic heterocycles. The van der Waals surface area contributed by atoms with E-state index in [4.69, 9.17) is 9.47 Å². The molecule has 2 aromatic rings. The van der Waals surface area contributed by atoms with Gasteiger partial charge in [0, 0.05) is 50.4 Å². The normalized spacial score (nSPS) is 16.0. The molecular weight excluding hydrogens is 370 g/mol. The first-order valence-corrected chi connectivity index (χ1v) is 9.86. The molecule has 0 unspecified atom stereocenters. The Morgan fingerprint density at radius 2 is 1.76 bits per heavy atom. The van der Waals surface area contributed by atoms with Gasteiger partial charge in [0.15, 0.2) is 11.5 Å². The van der Waals surface area contributed by atoms with Crippen LogP contribution in [-0.2, 0) is 0 Å². The largest absolute Gasteiger partial charge is 0.454 e. The lowest BCUT2D eigenvalue weighted by atomic mass is 10.1. The zero-order valence-corrected chi connectivity index (χ0v) is 16.5. The summed E-state index contributed by atoms with van der Waals surface area (Å²) in [7, 11) is 0. The number of benzene rings is 2. The van der Waals surface area contributed by atoms with Gasteiger partial charge in [-0.25, -0.2) is 0 Å². The Morgan fingerprint density at radius 1 is 0.966 bits per heavy atom. The van der Waals surface area contributed by atoms with Gasteiger partial charge in [0.1, 0.15) is 0 Å². The molecule has 0 atom stereocenters. The van der Waals surface area contributed by atoms with Crippen molar-refractivity contribution in [3.05, 3.63) is 59.2 Å². The lowest BCUT2D eigenvalue weighted by Gasteiger charge is -2.34. The molecule has 2 aliphatic rings. The summed E-state index contributed by atoms with van der Waals surface area (Å²) in [5.41, 5.74) is 2.39. The molecule has 2 aromatic carbocycles. The minimum absolute atomic E-state index is 0.0875. The SMILES string of the molecule is Cc1cccc(C(=O)N2CCN(CCNC(=O)c3ccc4c(c3)OCO4)CC2)c1. The van der Waals surface area contributed by atoms with Crippen LogP contribution < -0.4 is 14.8 Å². The topological polar surface area (TPSA) is 71.1 Å². The van der Waals surface area contributed by atoms with Crippen LogP contribution in [0, 0.1) is 6.92 Å². The number of piperazine rings is 1. The average Bonchev–Trinajstić information content (AvgIpc) is 3.21. The van der Waals surface area contributed by atoms with E-state index in [2.05, 4.69) is 10.2 Å². The van der Waals surface area contributed by atoms with E-state index in [1.165, 1.54) is 0 Å². The molecule has 7 nitrogen and oxygen atoms in total. The number of amides is 2. The van der Waals surface area contributed by atoms with Crippen molar-refractivity contribution in [2.45, 2.75) is 6.92 Å². The zero-order valence-electron chi connectivity index (χ0n) is 16.5. The highest BCUT2D eigenvalue weighted by molar-refractivity contribution is 5.95. The Kier molecular flexibility index (Phi) is 5.67. The maximum absolute atomic E-state index is 12.6. The lowest BCUT2D eigenvalue weighted by Crippen LogP contribution is -2.50. The molecular formula is C22H25N3O4. The van der Waals surface area contributed by atoms with Crippen LogP contribution in [0.15, 0.2) is 42.5 Å². The van der Waals surface area contributed by atoms with Crippen molar-refractivity contribution in [2.24, 2.45) is 0 Å². The van der Waals surface area contributed by atoms with Crippen molar-refractivity contribution < 1.29 is 19.1 Å². The van der Waals surface area contributed by atoms with E-state index in [0.29, 0.717) is 36.7 Å². The van der Waals surface area contributed by atoms with E-state index in [0.717, 1.165) is 30.8 Å². The number of carbonyl (C=O) groups excluding carboxylic acids is 2. The number of aryl methyl sites for hydroxylation is 1. The summed E-state index contributed by atoms with van der Waals surface area (Å²) in [5, 5.41) is 2.95. The molecule has 2 amide bonds. The van der Waals surface area contributed by atoms with Gasteiger partial charge in [0.25, 0.3) is 11.8 Å². The molecule has 2 heterocycles. The smallest absolute Gasteiger partial charge is 0.253 e. The van der Waals surface area contributed by atoms with E-state index in [9.17, 15) is 9.59 Å². The van der Waals surface area contributed by atoms with E-state index in [-0.39, 0.29) is 18.6 Å². The third-order valence-electron chi connectivity index (χ3n) is 5.27. The predicted molar refractivity (Wildman–Crippen MR) is 108 cm³/mol. The van der Waals surface area contributed by atoms with E-state index >= 15 is 0 Å². The van der Waals surface area contributed by atoms with Crippen LogP contribution in [0.3, 0.4) is 0 Å². The van der Waals surface area contributed by atoms with Crippen LogP contribution in [-0.4, -0.2) is 67.7 Å². The lowest BCUT2D eigenvalue weighted by molar-refractivity contribution is 0.0638. The molecule has 2 aliphatic heterocycles. The highest BCUT2D eigenvalue weighted by Gasteiger charge is 2.22. The molecule has 1 saturated heterocycles. The van der Waals surface area contributed by atoms with Crippen LogP contribution in [0.5, 0.6) is 11.5 Å². The Morgan fingerprint density at radius 3 is 2.55 bits per heavy atom. The summed E-state index contributed by atoms with van der Waals surface area (Å²) in [6, 6.07) is 12.9. The second-order valence-corrected chi connectivity index (χ2v) is 7.33. The van der Waals surface area contributed by atoms with Crippen molar-refractivity contribution in [1.82, 2.24) is 15.1 Å². The van der Waals surface area contributed by atoms with Gasteiger partial charge >= 0.3 is 0 Å². The van der Waals surface area contributed by atoms with Crippen LogP contribution in [0.4, 0.5) is 0 Å². The molecule has 0 radical (unpaired) electrons. The molecule has 1 N–H and O–H groups in total.